The Balaban J connectivity index is 2.53. The highest BCUT2D eigenvalue weighted by Gasteiger charge is 2.40. The van der Waals surface area contributed by atoms with Crippen molar-refractivity contribution in [1.29, 1.82) is 0 Å². The van der Waals surface area contributed by atoms with E-state index >= 15 is 0 Å². The van der Waals surface area contributed by atoms with Crippen LogP contribution in [0.3, 0.4) is 0 Å². The lowest BCUT2D eigenvalue weighted by Crippen LogP contribution is -2.55. The number of unbranched alkanes of at least 4 members (excludes halogenated alkanes) is 1. The molecular formula is C12H24N2O2. The summed E-state index contributed by atoms with van der Waals surface area (Å²) < 4.78 is 0. The Morgan fingerprint density at radius 1 is 1.62 bits per heavy atom. The van der Waals surface area contributed by atoms with Crippen molar-refractivity contribution in [3.63, 3.8) is 0 Å². The van der Waals surface area contributed by atoms with E-state index < -0.39 is 11.5 Å². The zero-order valence-corrected chi connectivity index (χ0v) is 10.4. The summed E-state index contributed by atoms with van der Waals surface area (Å²) in [6.07, 6.45) is 5.53. The third-order valence-corrected chi connectivity index (χ3v) is 3.67. The third-order valence-electron chi connectivity index (χ3n) is 3.67. The maximum Gasteiger partial charge on any atom is 0.323 e. The Labute approximate surface area is 97.8 Å². The van der Waals surface area contributed by atoms with E-state index in [0.717, 1.165) is 25.8 Å². The molecule has 0 aromatic heterocycles. The number of carboxylic acids is 1. The summed E-state index contributed by atoms with van der Waals surface area (Å²) in [5.41, 5.74) is 4.94. The molecule has 4 nitrogen and oxygen atoms in total. The van der Waals surface area contributed by atoms with E-state index in [9.17, 15) is 4.79 Å². The lowest BCUT2D eigenvalue weighted by atomic mass is 9.79. The molecule has 0 saturated heterocycles. The minimum absolute atomic E-state index is 0.335. The van der Waals surface area contributed by atoms with Gasteiger partial charge < -0.3 is 15.7 Å². The van der Waals surface area contributed by atoms with Crippen molar-refractivity contribution in [2.24, 2.45) is 5.73 Å². The van der Waals surface area contributed by atoms with Gasteiger partial charge in [0.1, 0.15) is 5.54 Å². The predicted octanol–water partition coefficient (Wildman–Crippen LogP) is 1.44. The normalized spacial score (nSPS) is 30.6. The Morgan fingerprint density at radius 3 is 2.88 bits per heavy atom. The maximum absolute atomic E-state index is 11.1. The van der Waals surface area contributed by atoms with Crippen LogP contribution in [0.25, 0.3) is 0 Å². The quantitative estimate of drug-likeness (QED) is 0.747. The summed E-state index contributed by atoms with van der Waals surface area (Å²) in [6.45, 7) is 3.20. The highest BCUT2D eigenvalue weighted by Crippen LogP contribution is 2.29. The highest BCUT2D eigenvalue weighted by molar-refractivity contribution is 5.78. The smallest absolute Gasteiger partial charge is 0.323 e. The summed E-state index contributed by atoms with van der Waals surface area (Å²) in [5.74, 6) is -0.846. The van der Waals surface area contributed by atoms with Gasteiger partial charge >= 0.3 is 5.97 Å². The molecule has 2 atom stereocenters. The molecule has 1 fully saturated rings. The van der Waals surface area contributed by atoms with Crippen LogP contribution in [0.15, 0.2) is 0 Å². The molecule has 1 aliphatic rings. The first-order valence-corrected chi connectivity index (χ1v) is 6.22. The first-order valence-electron chi connectivity index (χ1n) is 6.22. The van der Waals surface area contributed by atoms with Crippen LogP contribution in [0.5, 0.6) is 0 Å². The van der Waals surface area contributed by atoms with E-state index in [1.165, 1.54) is 6.42 Å². The lowest BCUT2D eigenvalue weighted by Gasteiger charge is -2.39. The van der Waals surface area contributed by atoms with Gasteiger partial charge in [0.25, 0.3) is 0 Å². The molecule has 0 aromatic carbocycles. The number of rotatable bonds is 5. The highest BCUT2D eigenvalue weighted by atomic mass is 16.4. The van der Waals surface area contributed by atoms with Gasteiger partial charge in [0, 0.05) is 6.04 Å². The SMILES string of the molecule is CCCCN(C)C1CCCC(N)(C(=O)O)C1. The average Bonchev–Trinajstić information content (AvgIpc) is 2.25. The number of aliphatic carboxylic acids is 1. The minimum atomic E-state index is -0.997. The molecule has 0 radical (unpaired) electrons. The molecule has 4 heteroatoms. The summed E-state index contributed by atoms with van der Waals surface area (Å²) in [6, 6.07) is 0.335. The molecule has 0 amide bonds. The minimum Gasteiger partial charge on any atom is -0.480 e. The summed E-state index contributed by atoms with van der Waals surface area (Å²) in [4.78, 5) is 13.4. The zero-order valence-electron chi connectivity index (χ0n) is 10.4. The second kappa shape index (κ2) is 5.64. The number of hydrogen-bond donors (Lipinski definition) is 2. The second-order valence-electron chi connectivity index (χ2n) is 5.05. The average molecular weight is 228 g/mol. The van der Waals surface area contributed by atoms with Gasteiger partial charge in [-0.05, 0) is 45.7 Å². The molecule has 3 N–H and O–H groups in total. The van der Waals surface area contributed by atoms with Crippen LogP contribution >= 0.6 is 0 Å². The molecule has 94 valence electrons. The van der Waals surface area contributed by atoms with Crippen LogP contribution in [0.4, 0.5) is 0 Å². The summed E-state index contributed by atoms with van der Waals surface area (Å²) in [5, 5.41) is 9.13. The summed E-state index contributed by atoms with van der Waals surface area (Å²) in [7, 11) is 2.08. The van der Waals surface area contributed by atoms with Crippen molar-refractivity contribution < 1.29 is 9.90 Å². The monoisotopic (exact) mass is 228 g/mol. The van der Waals surface area contributed by atoms with Crippen molar-refractivity contribution in [1.82, 2.24) is 4.90 Å². The summed E-state index contributed by atoms with van der Waals surface area (Å²) >= 11 is 0. The van der Waals surface area contributed by atoms with Crippen LogP contribution in [-0.2, 0) is 4.79 Å². The molecule has 1 saturated carbocycles. The molecule has 16 heavy (non-hydrogen) atoms. The largest absolute Gasteiger partial charge is 0.480 e. The zero-order chi connectivity index (χ0) is 12.2. The topological polar surface area (TPSA) is 66.6 Å². The van der Waals surface area contributed by atoms with E-state index in [2.05, 4.69) is 18.9 Å². The molecule has 0 spiro atoms. The molecule has 0 aliphatic heterocycles. The first kappa shape index (κ1) is 13.5. The number of carboxylic acid groups (broad SMARTS) is 1. The van der Waals surface area contributed by atoms with Crippen LogP contribution in [0.1, 0.15) is 45.4 Å². The number of carbonyl (C=O) groups is 1. The van der Waals surface area contributed by atoms with Crippen LogP contribution < -0.4 is 5.73 Å². The van der Waals surface area contributed by atoms with E-state index in [0.29, 0.717) is 18.9 Å². The van der Waals surface area contributed by atoms with Gasteiger partial charge in [0.15, 0.2) is 0 Å². The predicted molar refractivity (Wildman–Crippen MR) is 64.3 cm³/mol. The van der Waals surface area contributed by atoms with Gasteiger partial charge in [-0.2, -0.15) is 0 Å². The number of nitrogens with two attached hydrogens (primary N) is 1. The second-order valence-corrected chi connectivity index (χ2v) is 5.05. The van der Waals surface area contributed by atoms with Gasteiger partial charge in [-0.3, -0.25) is 4.79 Å². The first-order chi connectivity index (χ1) is 7.49. The van der Waals surface area contributed by atoms with Crippen LogP contribution in [0, 0.1) is 0 Å². The van der Waals surface area contributed by atoms with Crippen LogP contribution in [0.2, 0.25) is 0 Å². The van der Waals surface area contributed by atoms with Crippen molar-refractivity contribution in [2.75, 3.05) is 13.6 Å². The fourth-order valence-corrected chi connectivity index (χ4v) is 2.44. The van der Waals surface area contributed by atoms with Crippen molar-refractivity contribution in [3.8, 4) is 0 Å². The fourth-order valence-electron chi connectivity index (χ4n) is 2.44. The van der Waals surface area contributed by atoms with E-state index in [4.69, 9.17) is 10.8 Å². The molecule has 0 heterocycles. The van der Waals surface area contributed by atoms with E-state index in [-0.39, 0.29) is 0 Å². The van der Waals surface area contributed by atoms with Gasteiger partial charge in [-0.15, -0.1) is 0 Å². The van der Waals surface area contributed by atoms with Crippen molar-refractivity contribution in [2.45, 2.75) is 57.0 Å². The molecule has 1 rings (SSSR count). The molecule has 1 aliphatic carbocycles. The Hall–Kier alpha value is -0.610. The van der Waals surface area contributed by atoms with Crippen molar-refractivity contribution in [3.05, 3.63) is 0 Å². The maximum atomic E-state index is 11.1. The van der Waals surface area contributed by atoms with Crippen molar-refractivity contribution >= 4 is 5.97 Å². The Bertz CT molecular complexity index is 245. The third kappa shape index (κ3) is 3.19. The number of hydrogen-bond acceptors (Lipinski definition) is 3. The molecular weight excluding hydrogens is 204 g/mol. The standard InChI is InChI=1S/C12H24N2O2/c1-3-4-8-14(2)10-6-5-7-12(13,9-10)11(15)16/h10H,3-9,13H2,1-2H3,(H,15,16). The van der Waals surface area contributed by atoms with Gasteiger partial charge in [-0.25, -0.2) is 0 Å². The molecule has 0 bridgehead atoms. The van der Waals surface area contributed by atoms with E-state index in [1.54, 1.807) is 0 Å². The lowest BCUT2D eigenvalue weighted by molar-refractivity contribution is -0.145. The van der Waals surface area contributed by atoms with Gasteiger partial charge in [-0.1, -0.05) is 13.3 Å². The van der Waals surface area contributed by atoms with E-state index in [1.807, 2.05) is 0 Å². The Kier molecular flexibility index (Phi) is 4.74. The van der Waals surface area contributed by atoms with Crippen LogP contribution in [-0.4, -0.2) is 41.1 Å². The van der Waals surface area contributed by atoms with Gasteiger partial charge in [0.05, 0.1) is 0 Å². The molecule has 0 aromatic rings. The van der Waals surface area contributed by atoms with Gasteiger partial charge in [0.2, 0.25) is 0 Å². The fraction of sp³-hybridized carbons (Fsp3) is 0.917. The molecule has 2 unspecified atom stereocenters. The Morgan fingerprint density at radius 2 is 2.31 bits per heavy atom. The number of nitrogens with zero attached hydrogens (tertiary/aromatic N) is 1.